The molecule has 2 aromatic carbocycles. The van der Waals surface area contributed by atoms with Crippen LogP contribution in [0.1, 0.15) is 11.1 Å². The van der Waals surface area contributed by atoms with Crippen molar-refractivity contribution in [2.45, 2.75) is 24.9 Å². The molecule has 0 saturated heterocycles. The molecule has 1 aliphatic heterocycles. The van der Waals surface area contributed by atoms with E-state index in [1.165, 1.54) is 24.0 Å². The zero-order valence-electron chi connectivity index (χ0n) is 15.8. The molecule has 29 heavy (non-hydrogen) atoms. The molecule has 2 heterocycles. The van der Waals surface area contributed by atoms with Crippen molar-refractivity contribution in [1.29, 1.82) is 0 Å². The summed E-state index contributed by atoms with van der Waals surface area (Å²) in [5.41, 5.74) is 1.99. The number of thioether (sulfide) groups is 1. The quantitative estimate of drug-likeness (QED) is 0.636. The summed E-state index contributed by atoms with van der Waals surface area (Å²) in [5.74, 6) is 1.11. The van der Waals surface area contributed by atoms with Gasteiger partial charge in [-0.3, -0.25) is 14.2 Å². The third-order valence-electron chi connectivity index (χ3n) is 4.72. The number of benzene rings is 2. The van der Waals surface area contributed by atoms with Crippen molar-refractivity contribution in [2.24, 2.45) is 5.92 Å². The summed E-state index contributed by atoms with van der Waals surface area (Å²) in [5, 5.41) is 3.64. The van der Waals surface area contributed by atoms with E-state index in [0.717, 1.165) is 16.9 Å². The highest BCUT2D eigenvalue weighted by Crippen LogP contribution is 2.24. The lowest BCUT2D eigenvalue weighted by atomic mass is 10.1. The van der Waals surface area contributed by atoms with Gasteiger partial charge < -0.3 is 10.1 Å². The van der Waals surface area contributed by atoms with E-state index in [4.69, 9.17) is 4.74 Å². The number of carbonyl (C=O) groups excluding carboxylic acids is 1. The number of rotatable bonds is 6. The number of carbonyl (C=O) groups is 1. The van der Waals surface area contributed by atoms with Gasteiger partial charge in [0.1, 0.15) is 12.4 Å². The first-order valence-corrected chi connectivity index (χ1v) is 10.4. The average molecular weight is 407 g/mol. The Labute approximate surface area is 172 Å². The highest BCUT2D eigenvalue weighted by atomic mass is 32.2. The molecular weight excluding hydrogens is 386 g/mol. The van der Waals surface area contributed by atoms with Crippen molar-refractivity contribution in [2.75, 3.05) is 5.75 Å². The zero-order chi connectivity index (χ0) is 20.1. The lowest BCUT2D eigenvalue weighted by molar-refractivity contribution is -0.125. The number of amides is 1. The van der Waals surface area contributed by atoms with E-state index in [1.807, 2.05) is 54.6 Å². The number of aromatic nitrogens is 2. The molecule has 6 nitrogen and oxygen atoms in total. The Bertz CT molecular complexity index is 1040. The highest BCUT2D eigenvalue weighted by Gasteiger charge is 2.26. The number of hydrogen-bond donors (Lipinski definition) is 1. The van der Waals surface area contributed by atoms with Crippen LogP contribution < -0.4 is 15.6 Å². The van der Waals surface area contributed by atoms with Crippen LogP contribution in [-0.4, -0.2) is 21.2 Å². The van der Waals surface area contributed by atoms with Crippen molar-refractivity contribution in [3.8, 4) is 5.75 Å². The van der Waals surface area contributed by atoms with Crippen LogP contribution in [0.15, 0.2) is 76.8 Å². The van der Waals surface area contributed by atoms with E-state index in [0.29, 0.717) is 30.6 Å². The molecule has 0 radical (unpaired) electrons. The van der Waals surface area contributed by atoms with Crippen molar-refractivity contribution < 1.29 is 9.53 Å². The fourth-order valence-corrected chi connectivity index (χ4v) is 4.15. The number of nitrogens with zero attached hydrogens (tertiary/aromatic N) is 2. The van der Waals surface area contributed by atoms with Crippen molar-refractivity contribution >= 4 is 17.7 Å². The maximum Gasteiger partial charge on any atom is 0.254 e. The molecule has 0 aliphatic carbocycles. The minimum Gasteiger partial charge on any atom is -0.489 e. The van der Waals surface area contributed by atoms with E-state index in [1.54, 1.807) is 4.57 Å². The largest absolute Gasteiger partial charge is 0.489 e. The average Bonchev–Trinajstić information content (AvgIpc) is 2.77. The summed E-state index contributed by atoms with van der Waals surface area (Å²) in [6, 6.07) is 19.1. The number of ether oxygens (including phenoxy) is 1. The van der Waals surface area contributed by atoms with Gasteiger partial charge in [0.05, 0.1) is 5.92 Å². The second-order valence-corrected chi connectivity index (χ2v) is 7.81. The SMILES string of the molecule is O=C(NCc1ccc(OCc2ccccc2)cc1)C1CSc2nccc(=O)n2C1. The van der Waals surface area contributed by atoms with Crippen LogP contribution in [0.2, 0.25) is 0 Å². The summed E-state index contributed by atoms with van der Waals surface area (Å²) < 4.78 is 7.35. The van der Waals surface area contributed by atoms with E-state index in [9.17, 15) is 9.59 Å². The van der Waals surface area contributed by atoms with E-state index < -0.39 is 0 Å². The molecule has 0 spiro atoms. The lowest BCUT2D eigenvalue weighted by Crippen LogP contribution is -2.39. The molecule has 1 amide bonds. The van der Waals surface area contributed by atoms with Gasteiger partial charge in [0.2, 0.25) is 5.91 Å². The van der Waals surface area contributed by atoms with Crippen LogP contribution >= 0.6 is 11.8 Å². The standard InChI is InChI=1S/C22H21N3O3S/c26-20-10-11-23-22-25(20)13-18(15-29-22)21(27)24-12-16-6-8-19(9-7-16)28-14-17-4-2-1-3-5-17/h1-11,18H,12-15H2,(H,24,27). The maximum absolute atomic E-state index is 12.5. The van der Waals surface area contributed by atoms with Gasteiger partial charge in [-0.25, -0.2) is 4.98 Å². The van der Waals surface area contributed by atoms with Gasteiger partial charge in [0, 0.05) is 31.1 Å². The van der Waals surface area contributed by atoms with Crippen LogP contribution in [0.5, 0.6) is 5.75 Å². The number of nitrogens with one attached hydrogen (secondary N) is 1. The van der Waals surface area contributed by atoms with Gasteiger partial charge in [-0.2, -0.15) is 0 Å². The van der Waals surface area contributed by atoms with Crippen molar-refractivity contribution in [3.05, 3.63) is 88.3 Å². The molecule has 1 atom stereocenters. The predicted octanol–water partition coefficient (Wildman–Crippen LogP) is 2.86. The topological polar surface area (TPSA) is 73.2 Å². The molecule has 1 aliphatic rings. The Morgan fingerprint density at radius 1 is 1.10 bits per heavy atom. The fraction of sp³-hybridized carbons (Fsp3) is 0.227. The summed E-state index contributed by atoms with van der Waals surface area (Å²) >= 11 is 1.44. The minimum atomic E-state index is -0.247. The third-order valence-corrected chi connectivity index (χ3v) is 5.88. The summed E-state index contributed by atoms with van der Waals surface area (Å²) in [6.07, 6.45) is 1.51. The Morgan fingerprint density at radius 2 is 1.90 bits per heavy atom. The molecule has 1 N–H and O–H groups in total. The van der Waals surface area contributed by atoms with Crippen LogP contribution in [-0.2, 0) is 24.5 Å². The number of hydrogen-bond acceptors (Lipinski definition) is 5. The monoisotopic (exact) mass is 407 g/mol. The first-order chi connectivity index (χ1) is 14.2. The third kappa shape index (κ3) is 4.86. The molecule has 148 valence electrons. The highest BCUT2D eigenvalue weighted by molar-refractivity contribution is 7.99. The molecule has 0 saturated carbocycles. The Kier molecular flexibility index (Phi) is 5.95. The van der Waals surface area contributed by atoms with E-state index in [-0.39, 0.29) is 17.4 Å². The molecule has 0 fully saturated rings. The van der Waals surface area contributed by atoms with Crippen LogP contribution in [0, 0.1) is 5.92 Å². The Hall–Kier alpha value is -3.06. The molecule has 0 bridgehead atoms. The van der Waals surface area contributed by atoms with Crippen LogP contribution in [0.25, 0.3) is 0 Å². The van der Waals surface area contributed by atoms with E-state index in [2.05, 4.69) is 10.3 Å². The second kappa shape index (κ2) is 8.96. The summed E-state index contributed by atoms with van der Waals surface area (Å²) in [4.78, 5) is 28.7. The predicted molar refractivity (Wildman–Crippen MR) is 112 cm³/mol. The van der Waals surface area contributed by atoms with E-state index >= 15 is 0 Å². The molecular formula is C22H21N3O3S. The zero-order valence-corrected chi connectivity index (χ0v) is 16.6. The summed E-state index contributed by atoms with van der Waals surface area (Å²) in [7, 11) is 0. The fourth-order valence-electron chi connectivity index (χ4n) is 3.09. The van der Waals surface area contributed by atoms with Gasteiger partial charge in [0.15, 0.2) is 5.16 Å². The van der Waals surface area contributed by atoms with Crippen LogP contribution in [0.4, 0.5) is 0 Å². The first kappa shape index (κ1) is 19.3. The van der Waals surface area contributed by atoms with Gasteiger partial charge in [0.25, 0.3) is 5.56 Å². The van der Waals surface area contributed by atoms with Gasteiger partial charge in [-0.15, -0.1) is 0 Å². The van der Waals surface area contributed by atoms with Gasteiger partial charge >= 0.3 is 0 Å². The lowest BCUT2D eigenvalue weighted by Gasteiger charge is -2.23. The molecule has 4 rings (SSSR count). The molecule has 7 heteroatoms. The Morgan fingerprint density at radius 3 is 2.69 bits per heavy atom. The van der Waals surface area contributed by atoms with Crippen molar-refractivity contribution in [1.82, 2.24) is 14.9 Å². The number of fused-ring (bicyclic) bond motifs is 1. The Balaban J connectivity index is 1.28. The molecule has 1 aromatic heterocycles. The smallest absolute Gasteiger partial charge is 0.254 e. The second-order valence-electron chi connectivity index (χ2n) is 6.82. The van der Waals surface area contributed by atoms with Gasteiger partial charge in [-0.05, 0) is 23.3 Å². The molecule has 1 unspecified atom stereocenters. The van der Waals surface area contributed by atoms with Gasteiger partial charge in [-0.1, -0.05) is 54.2 Å². The maximum atomic E-state index is 12.5. The summed E-state index contributed by atoms with van der Waals surface area (Å²) in [6.45, 7) is 1.33. The normalized spacial score (nSPS) is 15.4. The van der Waals surface area contributed by atoms with Crippen molar-refractivity contribution in [3.63, 3.8) is 0 Å². The minimum absolute atomic E-state index is 0.0525. The van der Waals surface area contributed by atoms with Crippen LogP contribution in [0.3, 0.4) is 0 Å². The molecule has 3 aromatic rings. The first-order valence-electron chi connectivity index (χ1n) is 9.41.